The smallest absolute Gasteiger partial charge is 0.250 e. The van der Waals surface area contributed by atoms with Crippen LogP contribution in [-0.2, 0) is 29.5 Å². The topological polar surface area (TPSA) is 131 Å². The average Bonchev–Trinajstić information content (AvgIpc) is 3.24. The van der Waals surface area contributed by atoms with E-state index in [1.54, 1.807) is 18.2 Å². The molecule has 1 aromatic rings. The lowest BCUT2D eigenvalue weighted by molar-refractivity contribution is -0.143. The molecule has 0 unspecified atom stereocenters. The number of nitrogens with one attached hydrogen (secondary N) is 2. The van der Waals surface area contributed by atoms with Crippen molar-refractivity contribution in [3.05, 3.63) is 28.8 Å². The summed E-state index contributed by atoms with van der Waals surface area (Å²) in [5, 5.41) is 6.42. The van der Waals surface area contributed by atoms with Gasteiger partial charge < -0.3 is 15.8 Å². The molecule has 4 N–H and O–H groups in total. The number of carbonyl (C=O) groups is 4. The van der Waals surface area contributed by atoms with Crippen LogP contribution in [0, 0.1) is 11.8 Å². The number of hydrogen-bond acceptors (Lipinski definition) is 6. The van der Waals surface area contributed by atoms with E-state index in [0.717, 1.165) is 4.90 Å². The number of imide groups is 1. The summed E-state index contributed by atoms with van der Waals surface area (Å²) in [7, 11) is 1.48. The molecule has 1 aromatic carbocycles. The van der Waals surface area contributed by atoms with Crippen LogP contribution in [0.1, 0.15) is 18.4 Å². The average molecular weight is 421 g/mol. The van der Waals surface area contributed by atoms with Gasteiger partial charge in [0.2, 0.25) is 23.6 Å². The Morgan fingerprint density at radius 2 is 2.07 bits per heavy atom. The Hall–Kier alpha value is -2.49. The van der Waals surface area contributed by atoms with Crippen LogP contribution in [0.4, 0.5) is 5.69 Å². The third kappa shape index (κ3) is 2.84. The molecule has 3 heterocycles. The first kappa shape index (κ1) is 19.8. The fourth-order valence-corrected chi connectivity index (χ4v) is 4.96. The number of amides is 4. The highest BCUT2D eigenvalue weighted by Crippen LogP contribution is 2.53. The highest BCUT2D eigenvalue weighted by atomic mass is 35.5. The van der Waals surface area contributed by atoms with Gasteiger partial charge in [-0.3, -0.25) is 29.4 Å². The van der Waals surface area contributed by atoms with Gasteiger partial charge >= 0.3 is 0 Å². The van der Waals surface area contributed by atoms with Crippen molar-refractivity contribution < 1.29 is 23.9 Å². The summed E-state index contributed by atoms with van der Waals surface area (Å²) >= 11 is 6.17. The van der Waals surface area contributed by atoms with Crippen molar-refractivity contribution in [1.82, 2.24) is 10.2 Å². The summed E-state index contributed by atoms with van der Waals surface area (Å²) in [6.45, 7) is 0.293. The maximum Gasteiger partial charge on any atom is 0.250 e. The molecule has 2 saturated heterocycles. The van der Waals surface area contributed by atoms with Gasteiger partial charge in [-0.1, -0.05) is 11.6 Å². The molecule has 154 valence electrons. The highest BCUT2D eigenvalue weighted by molar-refractivity contribution is 6.31. The van der Waals surface area contributed by atoms with Crippen molar-refractivity contribution in [2.75, 3.05) is 25.6 Å². The number of primary amides is 1. The SMILES string of the molecule is COCCN1C(=O)[C@H]2[C@@H](C1=O)[C@]1(N[C@@H]2CCC(N)=O)C(=O)Nc2ccc(Cl)cc21. The predicted octanol–water partition coefficient (Wildman–Crippen LogP) is -0.0277. The third-order valence-electron chi connectivity index (χ3n) is 5.99. The van der Waals surface area contributed by atoms with E-state index < -0.39 is 41.1 Å². The van der Waals surface area contributed by atoms with Gasteiger partial charge in [-0.05, 0) is 24.6 Å². The van der Waals surface area contributed by atoms with Gasteiger partial charge in [-0.15, -0.1) is 0 Å². The van der Waals surface area contributed by atoms with Crippen LogP contribution in [0.5, 0.6) is 0 Å². The number of likely N-dealkylation sites (tertiary alicyclic amines) is 1. The minimum Gasteiger partial charge on any atom is -0.383 e. The molecule has 0 radical (unpaired) electrons. The summed E-state index contributed by atoms with van der Waals surface area (Å²) in [4.78, 5) is 52.0. The van der Waals surface area contributed by atoms with Gasteiger partial charge in [0, 0.05) is 35.8 Å². The Morgan fingerprint density at radius 1 is 1.31 bits per heavy atom. The first-order valence-electron chi connectivity index (χ1n) is 9.33. The Balaban J connectivity index is 1.81. The molecule has 0 saturated carbocycles. The van der Waals surface area contributed by atoms with Crippen molar-refractivity contribution in [2.24, 2.45) is 17.6 Å². The molecule has 1 spiro atoms. The molecule has 29 heavy (non-hydrogen) atoms. The molecule has 0 aliphatic carbocycles. The fourth-order valence-electron chi connectivity index (χ4n) is 4.78. The lowest BCUT2D eigenvalue weighted by Crippen LogP contribution is -2.53. The second kappa shape index (κ2) is 7.08. The number of methoxy groups -OCH3 is 1. The van der Waals surface area contributed by atoms with Crippen molar-refractivity contribution in [1.29, 1.82) is 0 Å². The summed E-state index contributed by atoms with van der Waals surface area (Å²) < 4.78 is 5.02. The van der Waals surface area contributed by atoms with E-state index in [4.69, 9.17) is 22.1 Å². The van der Waals surface area contributed by atoms with Gasteiger partial charge in [0.1, 0.15) is 5.54 Å². The zero-order chi connectivity index (χ0) is 20.9. The van der Waals surface area contributed by atoms with Gasteiger partial charge in [-0.2, -0.15) is 0 Å². The second-order valence-corrected chi connectivity index (χ2v) is 7.97. The van der Waals surface area contributed by atoms with Crippen LogP contribution in [0.25, 0.3) is 0 Å². The van der Waals surface area contributed by atoms with Crippen molar-refractivity contribution in [3.63, 3.8) is 0 Å². The van der Waals surface area contributed by atoms with Crippen LogP contribution < -0.4 is 16.4 Å². The summed E-state index contributed by atoms with van der Waals surface area (Å²) in [5.41, 5.74) is 4.93. The van der Waals surface area contributed by atoms with E-state index in [2.05, 4.69) is 10.6 Å². The quantitative estimate of drug-likeness (QED) is 0.554. The Kier molecular flexibility index (Phi) is 4.84. The maximum absolute atomic E-state index is 13.3. The van der Waals surface area contributed by atoms with Crippen LogP contribution in [0.3, 0.4) is 0 Å². The van der Waals surface area contributed by atoms with Gasteiger partial charge in [0.05, 0.1) is 25.0 Å². The van der Waals surface area contributed by atoms with E-state index in [1.165, 1.54) is 7.11 Å². The van der Waals surface area contributed by atoms with Crippen LogP contribution in [-0.4, -0.2) is 54.8 Å². The van der Waals surface area contributed by atoms with E-state index in [9.17, 15) is 19.2 Å². The number of rotatable bonds is 6. The molecule has 4 atom stereocenters. The molecule has 0 bridgehead atoms. The number of ether oxygens (including phenoxy) is 1. The fraction of sp³-hybridized carbons (Fsp3) is 0.474. The predicted molar refractivity (Wildman–Crippen MR) is 103 cm³/mol. The maximum atomic E-state index is 13.3. The van der Waals surface area contributed by atoms with Gasteiger partial charge in [-0.25, -0.2) is 0 Å². The van der Waals surface area contributed by atoms with E-state index in [-0.39, 0.29) is 31.9 Å². The van der Waals surface area contributed by atoms with E-state index in [0.29, 0.717) is 16.3 Å². The van der Waals surface area contributed by atoms with Gasteiger partial charge in [0.15, 0.2) is 0 Å². The molecular weight excluding hydrogens is 400 g/mol. The molecule has 4 rings (SSSR count). The zero-order valence-electron chi connectivity index (χ0n) is 15.7. The summed E-state index contributed by atoms with van der Waals surface area (Å²) in [5.74, 6) is -3.47. The largest absolute Gasteiger partial charge is 0.383 e. The summed E-state index contributed by atoms with van der Waals surface area (Å²) in [6, 6.07) is 4.38. The first-order valence-corrected chi connectivity index (χ1v) is 9.70. The van der Waals surface area contributed by atoms with Crippen molar-refractivity contribution in [2.45, 2.75) is 24.4 Å². The van der Waals surface area contributed by atoms with Crippen LogP contribution in [0.2, 0.25) is 5.02 Å². The lowest BCUT2D eigenvalue weighted by Gasteiger charge is -2.29. The standard InChI is InChI=1S/C19H21ClN4O5/c1-29-7-6-24-16(26)14-12(4-5-13(21)25)23-19(15(14)17(24)27)10-8-9(20)2-3-11(10)22-18(19)28/h2-3,8,12,14-15,23H,4-7H2,1H3,(H2,21,25)(H,22,28)/t12-,14-,15+,19+/m1/s1. The molecular formula is C19H21ClN4O5. The van der Waals surface area contributed by atoms with Crippen LogP contribution >= 0.6 is 11.6 Å². The molecule has 10 heteroatoms. The number of halogens is 1. The Bertz CT molecular complexity index is 922. The Labute approximate surface area is 171 Å². The van der Waals surface area contributed by atoms with E-state index >= 15 is 0 Å². The molecule has 9 nitrogen and oxygen atoms in total. The van der Waals surface area contributed by atoms with Crippen molar-refractivity contribution in [3.8, 4) is 0 Å². The number of fused-ring (bicyclic) bond motifs is 4. The highest BCUT2D eigenvalue weighted by Gasteiger charge is 2.70. The molecule has 4 amide bonds. The number of hydrogen-bond donors (Lipinski definition) is 3. The number of nitrogens with two attached hydrogens (primary N) is 1. The van der Waals surface area contributed by atoms with Crippen LogP contribution in [0.15, 0.2) is 18.2 Å². The third-order valence-corrected chi connectivity index (χ3v) is 6.22. The first-order chi connectivity index (χ1) is 13.8. The lowest BCUT2D eigenvalue weighted by atomic mass is 9.76. The number of nitrogens with zero attached hydrogens (tertiary/aromatic N) is 1. The number of benzene rings is 1. The monoisotopic (exact) mass is 420 g/mol. The normalized spacial score (nSPS) is 30.1. The summed E-state index contributed by atoms with van der Waals surface area (Å²) in [6.07, 6.45) is 0.263. The minimum absolute atomic E-state index is 0.0283. The zero-order valence-corrected chi connectivity index (χ0v) is 16.5. The number of anilines is 1. The molecule has 3 aliphatic heterocycles. The molecule has 0 aromatic heterocycles. The molecule has 3 aliphatic rings. The van der Waals surface area contributed by atoms with Crippen molar-refractivity contribution >= 4 is 40.9 Å². The van der Waals surface area contributed by atoms with E-state index in [1.807, 2.05) is 0 Å². The van der Waals surface area contributed by atoms with Gasteiger partial charge in [0.25, 0.3) is 0 Å². The molecule has 2 fully saturated rings. The second-order valence-electron chi connectivity index (χ2n) is 7.53. The number of carbonyl (C=O) groups excluding carboxylic acids is 4. The Morgan fingerprint density at radius 3 is 2.76 bits per heavy atom. The minimum atomic E-state index is -1.43.